The van der Waals surface area contributed by atoms with Crippen LogP contribution in [0.25, 0.3) is 0 Å². The van der Waals surface area contributed by atoms with Crippen LogP contribution in [0.2, 0.25) is 0 Å². The molecule has 130 valence electrons. The normalized spacial score (nSPS) is 37.0. The molecule has 2 rings (SSSR count). The van der Waals surface area contributed by atoms with Gasteiger partial charge in [0.1, 0.15) is 0 Å². The zero-order chi connectivity index (χ0) is 16.9. The highest BCUT2D eigenvalue weighted by atomic mass is 16.5. The fourth-order valence-electron chi connectivity index (χ4n) is 4.72. The molecule has 0 radical (unpaired) electrons. The molecule has 0 bridgehead atoms. The van der Waals surface area contributed by atoms with Gasteiger partial charge in [-0.25, -0.2) is 0 Å². The summed E-state index contributed by atoms with van der Waals surface area (Å²) < 4.78 is 0. The highest BCUT2D eigenvalue weighted by Gasteiger charge is 2.47. The molecule has 2 heteroatoms. The minimum Gasteiger partial charge on any atom is -0.368 e. The first-order valence-corrected chi connectivity index (χ1v) is 9.18. The van der Waals surface area contributed by atoms with Crippen LogP contribution in [0.4, 0.5) is 0 Å². The molecule has 2 fully saturated rings. The lowest BCUT2D eigenvalue weighted by atomic mass is 9.65. The fourth-order valence-corrected chi connectivity index (χ4v) is 4.72. The van der Waals surface area contributed by atoms with Crippen molar-refractivity contribution in [2.75, 3.05) is 0 Å². The maximum absolute atomic E-state index is 8.19. The summed E-state index contributed by atoms with van der Waals surface area (Å²) in [4.78, 5) is 0. The van der Waals surface area contributed by atoms with Crippen molar-refractivity contribution in [1.29, 1.82) is 0 Å². The SMILES string of the molecule is C=CCCC(O)O.C[C@@H]1CC[C@@H]2C1CC[C@@H](C)[C@H](C)C2(C)C. The molecule has 2 N–H and O–H groups in total. The van der Waals surface area contributed by atoms with Gasteiger partial charge in [-0.3, -0.25) is 0 Å². The van der Waals surface area contributed by atoms with E-state index in [1.807, 2.05) is 0 Å². The van der Waals surface area contributed by atoms with E-state index in [1.165, 1.54) is 25.7 Å². The van der Waals surface area contributed by atoms with Gasteiger partial charge in [-0.15, -0.1) is 6.58 Å². The van der Waals surface area contributed by atoms with Gasteiger partial charge in [-0.1, -0.05) is 53.5 Å². The van der Waals surface area contributed by atoms with Gasteiger partial charge in [0.2, 0.25) is 0 Å². The Hall–Kier alpha value is -0.340. The molecule has 0 amide bonds. The molecule has 2 aliphatic carbocycles. The third-order valence-corrected chi connectivity index (χ3v) is 6.75. The number of rotatable bonds is 3. The van der Waals surface area contributed by atoms with E-state index in [0.29, 0.717) is 18.3 Å². The molecule has 0 saturated heterocycles. The lowest BCUT2D eigenvalue weighted by Crippen LogP contribution is -2.34. The van der Waals surface area contributed by atoms with Gasteiger partial charge in [0, 0.05) is 6.42 Å². The predicted molar refractivity (Wildman–Crippen MR) is 94.4 cm³/mol. The summed E-state index contributed by atoms with van der Waals surface area (Å²) in [7, 11) is 0. The monoisotopic (exact) mass is 310 g/mol. The molecule has 0 heterocycles. The van der Waals surface area contributed by atoms with E-state index < -0.39 is 6.29 Å². The first-order chi connectivity index (χ1) is 10.2. The molecule has 5 atom stereocenters. The Morgan fingerprint density at radius 2 is 1.64 bits per heavy atom. The van der Waals surface area contributed by atoms with Gasteiger partial charge in [-0.2, -0.15) is 0 Å². The summed E-state index contributed by atoms with van der Waals surface area (Å²) in [5.41, 5.74) is 0.575. The van der Waals surface area contributed by atoms with E-state index in [2.05, 4.69) is 41.2 Å². The predicted octanol–water partition coefficient (Wildman–Crippen LogP) is 5.00. The van der Waals surface area contributed by atoms with Crippen molar-refractivity contribution < 1.29 is 10.2 Å². The molecule has 2 nitrogen and oxygen atoms in total. The van der Waals surface area contributed by atoms with E-state index in [0.717, 1.165) is 29.6 Å². The van der Waals surface area contributed by atoms with Crippen LogP contribution in [0.5, 0.6) is 0 Å². The fraction of sp³-hybridized carbons (Fsp3) is 0.900. The summed E-state index contributed by atoms with van der Waals surface area (Å²) in [6.07, 6.45) is 7.49. The van der Waals surface area contributed by atoms with E-state index in [1.54, 1.807) is 6.08 Å². The molecule has 0 aromatic heterocycles. The second kappa shape index (κ2) is 8.49. The average Bonchev–Trinajstić information content (AvgIpc) is 2.80. The smallest absolute Gasteiger partial charge is 0.151 e. The zero-order valence-corrected chi connectivity index (χ0v) is 15.4. The van der Waals surface area contributed by atoms with Crippen molar-refractivity contribution in [1.82, 2.24) is 0 Å². The lowest BCUT2D eigenvalue weighted by Gasteiger charge is -2.40. The minimum absolute atomic E-state index is 0.392. The van der Waals surface area contributed by atoms with Crippen LogP contribution in [0, 0.1) is 35.0 Å². The molecular formula is C20H38O2. The number of hydrogen-bond acceptors (Lipinski definition) is 2. The van der Waals surface area contributed by atoms with Crippen molar-refractivity contribution in [2.45, 2.75) is 79.4 Å². The largest absolute Gasteiger partial charge is 0.368 e. The lowest BCUT2D eigenvalue weighted by molar-refractivity contribution is -0.0442. The Morgan fingerprint density at radius 1 is 1.05 bits per heavy atom. The second-order valence-corrected chi connectivity index (χ2v) is 8.34. The van der Waals surface area contributed by atoms with E-state index in [-0.39, 0.29) is 0 Å². The second-order valence-electron chi connectivity index (χ2n) is 8.34. The van der Waals surface area contributed by atoms with Crippen molar-refractivity contribution in [3.63, 3.8) is 0 Å². The van der Waals surface area contributed by atoms with Gasteiger partial charge < -0.3 is 10.2 Å². The molecule has 2 aliphatic rings. The van der Waals surface area contributed by atoms with E-state index >= 15 is 0 Å². The number of fused-ring (bicyclic) bond motifs is 1. The molecule has 0 aromatic carbocycles. The van der Waals surface area contributed by atoms with E-state index in [4.69, 9.17) is 10.2 Å². The van der Waals surface area contributed by atoms with Crippen LogP contribution < -0.4 is 0 Å². The molecule has 0 aliphatic heterocycles. The standard InChI is InChI=1S/C15H28.C5H10O2/c1-10-6-8-13-11(2)7-9-14(13)15(4,5)12(10)3;1-2-3-4-5(6)7/h10-14H,6-9H2,1-5H3;2,5-7H,1,3-4H2/t10-,11-,12+,13?,14-;/m1./s1. The Labute approximate surface area is 138 Å². The number of hydrogen-bond donors (Lipinski definition) is 2. The highest BCUT2D eigenvalue weighted by molar-refractivity contribution is 4.97. The quantitative estimate of drug-likeness (QED) is 0.568. The number of aliphatic hydroxyl groups is 2. The van der Waals surface area contributed by atoms with Crippen molar-refractivity contribution in [3.05, 3.63) is 12.7 Å². The molecule has 0 aromatic rings. The Kier molecular flexibility index (Phi) is 7.61. The van der Waals surface area contributed by atoms with Gasteiger partial charge in [0.05, 0.1) is 0 Å². The maximum Gasteiger partial charge on any atom is 0.151 e. The van der Waals surface area contributed by atoms with Crippen molar-refractivity contribution >= 4 is 0 Å². The number of allylic oxidation sites excluding steroid dienone is 1. The third kappa shape index (κ3) is 4.83. The van der Waals surface area contributed by atoms with Crippen molar-refractivity contribution in [2.24, 2.45) is 35.0 Å². The maximum atomic E-state index is 8.19. The summed E-state index contributed by atoms with van der Waals surface area (Å²) in [5, 5.41) is 16.4. The van der Waals surface area contributed by atoms with Gasteiger partial charge >= 0.3 is 0 Å². The third-order valence-electron chi connectivity index (χ3n) is 6.75. The van der Waals surface area contributed by atoms with E-state index in [9.17, 15) is 0 Å². The summed E-state index contributed by atoms with van der Waals surface area (Å²) in [5.74, 6) is 4.86. The molecule has 22 heavy (non-hydrogen) atoms. The summed E-state index contributed by atoms with van der Waals surface area (Å²) in [6, 6.07) is 0. The summed E-state index contributed by atoms with van der Waals surface area (Å²) >= 11 is 0. The van der Waals surface area contributed by atoms with Gasteiger partial charge in [-0.05, 0) is 54.3 Å². The summed E-state index contributed by atoms with van der Waals surface area (Å²) in [6.45, 7) is 15.9. The van der Waals surface area contributed by atoms with Crippen LogP contribution in [-0.4, -0.2) is 16.5 Å². The Morgan fingerprint density at radius 3 is 2.14 bits per heavy atom. The molecule has 1 unspecified atom stereocenters. The van der Waals surface area contributed by atoms with Crippen LogP contribution in [0.3, 0.4) is 0 Å². The van der Waals surface area contributed by atoms with Crippen molar-refractivity contribution in [3.8, 4) is 0 Å². The Balaban J connectivity index is 0.000000295. The molecule has 0 spiro atoms. The van der Waals surface area contributed by atoms with Crippen LogP contribution in [-0.2, 0) is 0 Å². The molecule has 2 saturated carbocycles. The van der Waals surface area contributed by atoms with Crippen LogP contribution >= 0.6 is 0 Å². The van der Waals surface area contributed by atoms with Crippen LogP contribution in [0.1, 0.15) is 73.1 Å². The van der Waals surface area contributed by atoms with Gasteiger partial charge in [0.25, 0.3) is 0 Å². The van der Waals surface area contributed by atoms with Crippen LogP contribution in [0.15, 0.2) is 12.7 Å². The zero-order valence-electron chi connectivity index (χ0n) is 15.4. The average molecular weight is 311 g/mol. The molecular weight excluding hydrogens is 272 g/mol. The van der Waals surface area contributed by atoms with Gasteiger partial charge in [0.15, 0.2) is 6.29 Å². The highest BCUT2D eigenvalue weighted by Crippen LogP contribution is 2.55. The Bertz CT molecular complexity index is 335. The topological polar surface area (TPSA) is 40.5 Å². The first kappa shape index (κ1) is 19.7. The first-order valence-electron chi connectivity index (χ1n) is 9.18. The minimum atomic E-state index is -1.17. The number of aliphatic hydroxyl groups excluding tert-OH is 1.